The number of thiophene rings is 1. The first-order valence-corrected chi connectivity index (χ1v) is 8.48. The van der Waals surface area contributed by atoms with Gasteiger partial charge in [0, 0.05) is 11.4 Å². The number of benzene rings is 1. The van der Waals surface area contributed by atoms with E-state index < -0.39 is 29.2 Å². The van der Waals surface area contributed by atoms with Crippen molar-refractivity contribution in [3.8, 4) is 5.75 Å². The number of ether oxygens (including phenoxy) is 1. The van der Waals surface area contributed by atoms with Gasteiger partial charge in [0.15, 0.2) is 17.4 Å². The van der Waals surface area contributed by atoms with Crippen LogP contribution in [0.3, 0.4) is 0 Å². The van der Waals surface area contributed by atoms with E-state index in [0.29, 0.717) is 17.8 Å². The first-order valence-electron chi connectivity index (χ1n) is 7.66. The molecule has 3 rings (SSSR count). The van der Waals surface area contributed by atoms with Crippen molar-refractivity contribution >= 4 is 23.2 Å². The molecular formula is C17H16F2N2O3S. The molecule has 1 aliphatic rings. The van der Waals surface area contributed by atoms with Gasteiger partial charge in [-0.2, -0.15) is 0 Å². The first-order chi connectivity index (χ1) is 11.9. The summed E-state index contributed by atoms with van der Waals surface area (Å²) in [5.74, 6) is -3.51. The van der Waals surface area contributed by atoms with E-state index in [2.05, 4.69) is 0 Å². The SMILES string of the molecule is COc1c(F)ccc(C(=O)N2CCC[C@H]2c2ccc(C(N)=O)s2)c1F. The number of nitrogens with two attached hydrogens (primary N) is 1. The van der Waals surface area contributed by atoms with Crippen molar-refractivity contribution in [3.63, 3.8) is 0 Å². The smallest absolute Gasteiger partial charge is 0.258 e. The zero-order chi connectivity index (χ0) is 18.1. The van der Waals surface area contributed by atoms with Crippen LogP contribution in [0, 0.1) is 11.6 Å². The first kappa shape index (κ1) is 17.3. The van der Waals surface area contributed by atoms with Gasteiger partial charge < -0.3 is 15.4 Å². The van der Waals surface area contributed by atoms with Gasteiger partial charge in [-0.05, 0) is 37.1 Å². The van der Waals surface area contributed by atoms with Gasteiger partial charge in [-0.15, -0.1) is 11.3 Å². The van der Waals surface area contributed by atoms with Crippen LogP contribution in [0.15, 0.2) is 24.3 Å². The topological polar surface area (TPSA) is 72.6 Å². The number of nitrogens with zero attached hydrogens (tertiary/aromatic N) is 1. The summed E-state index contributed by atoms with van der Waals surface area (Å²) in [5, 5.41) is 0. The third-order valence-electron chi connectivity index (χ3n) is 4.20. The number of rotatable bonds is 4. The quantitative estimate of drug-likeness (QED) is 0.904. The number of primary amides is 1. The number of methoxy groups -OCH3 is 1. The van der Waals surface area contributed by atoms with Crippen LogP contribution in [0.2, 0.25) is 0 Å². The van der Waals surface area contributed by atoms with Gasteiger partial charge in [0.2, 0.25) is 0 Å². The van der Waals surface area contributed by atoms with Crippen LogP contribution in [0.5, 0.6) is 5.75 Å². The fraction of sp³-hybridized carbons (Fsp3) is 0.294. The molecule has 2 heterocycles. The third-order valence-corrected chi connectivity index (χ3v) is 5.40. The van der Waals surface area contributed by atoms with Crippen LogP contribution >= 0.6 is 11.3 Å². The lowest BCUT2D eigenvalue weighted by Gasteiger charge is -2.24. The minimum absolute atomic E-state index is 0.239. The minimum atomic E-state index is -1.01. The number of carbonyl (C=O) groups excluding carboxylic acids is 2. The molecule has 1 aromatic heterocycles. The Hall–Kier alpha value is -2.48. The molecule has 2 aromatic rings. The van der Waals surface area contributed by atoms with E-state index >= 15 is 0 Å². The Morgan fingerprint density at radius 2 is 2.04 bits per heavy atom. The summed E-state index contributed by atoms with van der Waals surface area (Å²) in [5.41, 5.74) is 5.03. The van der Waals surface area contributed by atoms with Crippen LogP contribution in [0.25, 0.3) is 0 Å². The molecule has 5 nitrogen and oxygen atoms in total. The lowest BCUT2D eigenvalue weighted by Crippen LogP contribution is -2.31. The zero-order valence-corrected chi connectivity index (χ0v) is 14.2. The maximum absolute atomic E-state index is 14.4. The fourth-order valence-electron chi connectivity index (χ4n) is 3.01. The Labute approximate surface area is 147 Å². The van der Waals surface area contributed by atoms with E-state index in [1.807, 2.05) is 0 Å². The fourth-order valence-corrected chi connectivity index (χ4v) is 4.02. The molecule has 0 radical (unpaired) electrons. The van der Waals surface area contributed by atoms with E-state index in [1.54, 1.807) is 12.1 Å². The zero-order valence-electron chi connectivity index (χ0n) is 13.4. The monoisotopic (exact) mass is 366 g/mol. The predicted octanol–water partition coefficient (Wildman–Crippen LogP) is 3.11. The summed E-state index contributed by atoms with van der Waals surface area (Å²) in [7, 11) is 1.14. The van der Waals surface area contributed by atoms with Crippen molar-refractivity contribution < 1.29 is 23.1 Å². The molecule has 132 valence electrons. The second-order valence-electron chi connectivity index (χ2n) is 5.67. The molecular weight excluding hydrogens is 350 g/mol. The van der Waals surface area contributed by atoms with Gasteiger partial charge in [0.25, 0.3) is 11.8 Å². The van der Waals surface area contributed by atoms with Crippen molar-refractivity contribution in [2.45, 2.75) is 18.9 Å². The molecule has 0 spiro atoms. The summed E-state index contributed by atoms with van der Waals surface area (Å²) >= 11 is 1.22. The van der Waals surface area contributed by atoms with Gasteiger partial charge in [0.05, 0.1) is 23.6 Å². The van der Waals surface area contributed by atoms with Gasteiger partial charge in [-0.25, -0.2) is 8.78 Å². The predicted molar refractivity (Wildman–Crippen MR) is 88.8 cm³/mol. The van der Waals surface area contributed by atoms with E-state index in [9.17, 15) is 18.4 Å². The average molecular weight is 366 g/mol. The lowest BCUT2D eigenvalue weighted by molar-refractivity contribution is 0.0732. The molecule has 1 atom stereocenters. The lowest BCUT2D eigenvalue weighted by atomic mass is 10.1. The maximum Gasteiger partial charge on any atom is 0.258 e. The van der Waals surface area contributed by atoms with Crippen LogP contribution < -0.4 is 10.5 Å². The molecule has 1 aromatic carbocycles. The van der Waals surface area contributed by atoms with Crippen LogP contribution in [0.1, 0.15) is 43.8 Å². The average Bonchev–Trinajstić information content (AvgIpc) is 3.23. The third kappa shape index (κ3) is 3.09. The minimum Gasteiger partial charge on any atom is -0.491 e. The van der Waals surface area contributed by atoms with Crippen molar-refractivity contribution in [1.82, 2.24) is 4.90 Å². The molecule has 0 aliphatic carbocycles. The molecule has 0 bridgehead atoms. The Bertz CT molecular complexity index is 837. The summed E-state index contributed by atoms with van der Waals surface area (Å²) in [6.07, 6.45) is 1.45. The number of carbonyl (C=O) groups is 2. The number of halogens is 2. The molecule has 2 N–H and O–H groups in total. The number of hydrogen-bond donors (Lipinski definition) is 1. The molecule has 1 fully saturated rings. The maximum atomic E-state index is 14.4. The van der Waals surface area contributed by atoms with Crippen LogP contribution in [-0.4, -0.2) is 30.4 Å². The van der Waals surface area contributed by atoms with E-state index in [4.69, 9.17) is 10.5 Å². The normalized spacial score (nSPS) is 16.9. The highest BCUT2D eigenvalue weighted by molar-refractivity contribution is 7.14. The Balaban J connectivity index is 1.92. The van der Waals surface area contributed by atoms with Crippen molar-refractivity contribution in [1.29, 1.82) is 0 Å². The highest BCUT2D eigenvalue weighted by Gasteiger charge is 2.34. The van der Waals surface area contributed by atoms with E-state index in [1.165, 1.54) is 16.2 Å². The van der Waals surface area contributed by atoms with Crippen molar-refractivity contribution in [3.05, 3.63) is 51.2 Å². The second-order valence-corrected chi connectivity index (χ2v) is 6.78. The second kappa shape index (κ2) is 6.79. The van der Waals surface area contributed by atoms with Crippen LogP contribution in [0.4, 0.5) is 8.78 Å². The number of likely N-dealkylation sites (tertiary alicyclic amines) is 1. The molecule has 1 saturated heterocycles. The highest BCUT2D eigenvalue weighted by atomic mass is 32.1. The summed E-state index contributed by atoms with van der Waals surface area (Å²) in [4.78, 5) is 26.8. The van der Waals surface area contributed by atoms with Crippen molar-refractivity contribution in [2.75, 3.05) is 13.7 Å². The van der Waals surface area contributed by atoms with Gasteiger partial charge in [0.1, 0.15) is 0 Å². The number of hydrogen-bond acceptors (Lipinski definition) is 4. The Morgan fingerprint density at radius 1 is 1.28 bits per heavy atom. The summed E-state index contributed by atoms with van der Waals surface area (Å²) in [6, 6.07) is 5.24. The summed E-state index contributed by atoms with van der Waals surface area (Å²) in [6.45, 7) is 0.451. The molecule has 0 saturated carbocycles. The molecule has 25 heavy (non-hydrogen) atoms. The molecule has 2 amide bonds. The van der Waals surface area contributed by atoms with Crippen LogP contribution in [-0.2, 0) is 0 Å². The summed E-state index contributed by atoms with van der Waals surface area (Å²) < 4.78 is 32.7. The van der Waals surface area contributed by atoms with Crippen molar-refractivity contribution in [2.24, 2.45) is 5.73 Å². The Morgan fingerprint density at radius 3 is 2.68 bits per heavy atom. The molecule has 0 unspecified atom stereocenters. The van der Waals surface area contributed by atoms with Gasteiger partial charge in [-0.3, -0.25) is 9.59 Å². The standard InChI is InChI=1S/C17H16F2N2O3S/c1-24-15-10(18)5-4-9(14(15)19)17(23)21-8-2-3-11(21)12-6-7-13(25-12)16(20)22/h4-7,11H,2-3,8H2,1H3,(H2,20,22)/t11-/m0/s1. The highest BCUT2D eigenvalue weighted by Crippen LogP contribution is 2.37. The largest absolute Gasteiger partial charge is 0.491 e. The van der Waals surface area contributed by atoms with E-state index in [0.717, 1.165) is 30.5 Å². The van der Waals surface area contributed by atoms with Gasteiger partial charge >= 0.3 is 0 Å². The number of amides is 2. The molecule has 1 aliphatic heterocycles. The molecule has 8 heteroatoms. The van der Waals surface area contributed by atoms with Gasteiger partial charge in [-0.1, -0.05) is 0 Å². The van der Waals surface area contributed by atoms with E-state index in [-0.39, 0.29) is 11.6 Å². The Kier molecular flexibility index (Phi) is 4.71.